The van der Waals surface area contributed by atoms with Crippen LogP contribution in [0.5, 0.6) is 0 Å². The molecule has 2 saturated heterocycles. The molecule has 0 bridgehead atoms. The van der Waals surface area contributed by atoms with Crippen molar-refractivity contribution < 1.29 is 17.9 Å². The minimum absolute atomic E-state index is 0.200. The van der Waals surface area contributed by atoms with Crippen LogP contribution in [0.4, 0.5) is 4.79 Å². The van der Waals surface area contributed by atoms with E-state index >= 15 is 0 Å². The summed E-state index contributed by atoms with van der Waals surface area (Å²) in [4.78, 5) is 17.4. The van der Waals surface area contributed by atoms with Crippen LogP contribution in [0.15, 0.2) is 64.9 Å². The maximum atomic E-state index is 12.9. The van der Waals surface area contributed by atoms with Gasteiger partial charge in [0, 0.05) is 19.1 Å². The van der Waals surface area contributed by atoms with Crippen LogP contribution in [0.3, 0.4) is 0 Å². The van der Waals surface area contributed by atoms with Crippen molar-refractivity contribution in [3.63, 3.8) is 0 Å². The van der Waals surface area contributed by atoms with E-state index < -0.39 is 15.4 Å². The highest BCUT2D eigenvalue weighted by Gasteiger charge is 2.31. The molecule has 0 atom stereocenters. The summed E-state index contributed by atoms with van der Waals surface area (Å²) in [6.45, 7) is 14.7. The number of hydrogen-bond donors (Lipinski definition) is 0. The lowest BCUT2D eigenvalue weighted by atomic mass is 9.88. The highest BCUT2D eigenvalue weighted by molar-refractivity contribution is 7.95. The van der Waals surface area contributed by atoms with Crippen LogP contribution in [-0.4, -0.2) is 62.1 Å². The Hall–Kier alpha value is -2.38. The molecule has 198 valence electrons. The van der Waals surface area contributed by atoms with Gasteiger partial charge in [0.05, 0.1) is 9.80 Å². The van der Waals surface area contributed by atoms with Crippen LogP contribution in [0.2, 0.25) is 0 Å². The topological polar surface area (TPSA) is 66.9 Å². The number of allylic oxidation sites excluding steroid dienone is 4. The summed E-state index contributed by atoms with van der Waals surface area (Å²) in [7, 11) is -3.52. The average Bonchev–Trinajstić information content (AvgIpc) is 2.84. The van der Waals surface area contributed by atoms with Crippen molar-refractivity contribution in [2.45, 2.75) is 76.3 Å². The van der Waals surface area contributed by atoms with Gasteiger partial charge in [-0.15, -0.1) is 0 Å². The Bertz CT molecular complexity index is 1050. The summed E-state index contributed by atoms with van der Waals surface area (Å²) in [6.07, 6.45) is 11.4. The lowest BCUT2D eigenvalue weighted by molar-refractivity contribution is 0.0119. The fourth-order valence-corrected chi connectivity index (χ4v) is 6.37. The summed E-state index contributed by atoms with van der Waals surface area (Å²) in [5, 5.41) is 0. The van der Waals surface area contributed by atoms with Gasteiger partial charge in [-0.1, -0.05) is 36.9 Å². The van der Waals surface area contributed by atoms with Gasteiger partial charge < -0.3 is 14.5 Å². The number of hydrogen-bond acceptors (Lipinski definition) is 5. The summed E-state index contributed by atoms with van der Waals surface area (Å²) in [5.74, 6) is 0.604. The Balaban J connectivity index is 1.47. The van der Waals surface area contributed by atoms with Crippen LogP contribution in [0.1, 0.15) is 58.9 Å². The van der Waals surface area contributed by atoms with Crippen molar-refractivity contribution in [3.8, 4) is 0 Å². The molecule has 0 radical (unpaired) electrons. The van der Waals surface area contributed by atoms with E-state index in [4.69, 9.17) is 4.74 Å². The standard InChI is InChI=1S/C29H42N2O4S/c1-6-8-9-26(7-2)36(33,34)27-12-10-23(11-13-27)22-24-14-18-30(19-15-24)25-16-20-31(21-17-25)28(32)35-29(3,4)5/h6-13,24-25H,1,14-22H2,2-5H3/b9-8-,26-7+. The molecule has 2 heterocycles. The second kappa shape index (κ2) is 12.2. The zero-order valence-electron chi connectivity index (χ0n) is 22.3. The lowest BCUT2D eigenvalue weighted by Gasteiger charge is -2.42. The molecule has 6 nitrogen and oxygen atoms in total. The summed E-state index contributed by atoms with van der Waals surface area (Å²) in [5.41, 5.74) is 0.726. The van der Waals surface area contributed by atoms with Crippen LogP contribution in [0.25, 0.3) is 0 Å². The zero-order chi connectivity index (χ0) is 26.3. The van der Waals surface area contributed by atoms with Gasteiger partial charge >= 0.3 is 6.09 Å². The second-order valence-corrected chi connectivity index (χ2v) is 12.8. The first-order chi connectivity index (χ1) is 17.0. The SMILES string of the molecule is C=C/C=C\C(=C/C)S(=O)(=O)c1ccc(CC2CCN(C3CCN(C(=O)OC(C)(C)C)CC3)CC2)cc1. The minimum atomic E-state index is -3.52. The molecule has 7 heteroatoms. The predicted molar refractivity (Wildman–Crippen MR) is 146 cm³/mol. The second-order valence-electron chi connectivity index (χ2n) is 10.8. The Morgan fingerprint density at radius 1 is 1.06 bits per heavy atom. The van der Waals surface area contributed by atoms with Crippen molar-refractivity contribution in [2.24, 2.45) is 5.92 Å². The molecule has 36 heavy (non-hydrogen) atoms. The Labute approximate surface area is 217 Å². The smallest absolute Gasteiger partial charge is 0.410 e. The van der Waals surface area contributed by atoms with Crippen LogP contribution < -0.4 is 0 Å². The molecule has 0 aliphatic carbocycles. The monoisotopic (exact) mass is 514 g/mol. The highest BCUT2D eigenvalue weighted by atomic mass is 32.2. The van der Waals surface area contributed by atoms with Crippen LogP contribution in [-0.2, 0) is 21.0 Å². The number of carbonyl (C=O) groups is 1. The molecule has 2 aliphatic heterocycles. The highest BCUT2D eigenvalue weighted by Crippen LogP contribution is 2.28. The first kappa shape index (κ1) is 28.2. The van der Waals surface area contributed by atoms with Crippen molar-refractivity contribution in [1.29, 1.82) is 0 Å². The predicted octanol–water partition coefficient (Wildman–Crippen LogP) is 5.76. The van der Waals surface area contributed by atoms with Crippen molar-refractivity contribution in [2.75, 3.05) is 26.2 Å². The van der Waals surface area contributed by atoms with Gasteiger partial charge in [0.15, 0.2) is 0 Å². The quantitative estimate of drug-likeness (QED) is 0.433. The number of likely N-dealkylation sites (tertiary alicyclic amines) is 2. The molecule has 0 unspecified atom stereocenters. The largest absolute Gasteiger partial charge is 0.444 e. The van der Waals surface area contributed by atoms with Gasteiger partial charge in [0.2, 0.25) is 9.84 Å². The molecular formula is C29H42N2O4S. The number of sulfone groups is 1. The third-order valence-corrected chi connectivity index (χ3v) is 8.92. The Morgan fingerprint density at radius 2 is 1.67 bits per heavy atom. The number of nitrogens with zero attached hydrogens (tertiary/aromatic N) is 2. The van der Waals surface area contributed by atoms with E-state index in [0.29, 0.717) is 16.9 Å². The number of benzene rings is 1. The molecule has 0 N–H and O–H groups in total. The average molecular weight is 515 g/mol. The molecular weight excluding hydrogens is 472 g/mol. The first-order valence-corrected chi connectivity index (χ1v) is 14.5. The molecule has 0 saturated carbocycles. The Morgan fingerprint density at radius 3 is 2.19 bits per heavy atom. The number of carbonyl (C=O) groups excluding carboxylic acids is 1. The molecule has 2 aliphatic rings. The van der Waals surface area contributed by atoms with Crippen molar-refractivity contribution in [1.82, 2.24) is 9.80 Å². The number of ether oxygens (including phenoxy) is 1. The van der Waals surface area contributed by atoms with E-state index in [1.54, 1.807) is 43.4 Å². The van der Waals surface area contributed by atoms with Gasteiger partial charge in [-0.25, -0.2) is 13.2 Å². The van der Waals surface area contributed by atoms with E-state index in [1.165, 1.54) is 5.56 Å². The minimum Gasteiger partial charge on any atom is -0.444 e. The fraction of sp³-hybridized carbons (Fsp3) is 0.552. The molecule has 1 amide bonds. The van der Waals surface area contributed by atoms with Gasteiger partial charge in [0.1, 0.15) is 5.60 Å². The fourth-order valence-electron chi connectivity index (χ4n) is 5.04. The maximum Gasteiger partial charge on any atom is 0.410 e. The van der Waals surface area contributed by atoms with E-state index in [-0.39, 0.29) is 11.0 Å². The van der Waals surface area contributed by atoms with E-state index in [0.717, 1.165) is 58.3 Å². The molecule has 3 rings (SSSR count). The summed E-state index contributed by atoms with van der Waals surface area (Å²) in [6, 6.07) is 7.89. The molecule has 0 aromatic heterocycles. The van der Waals surface area contributed by atoms with E-state index in [1.807, 2.05) is 37.8 Å². The number of piperidine rings is 2. The van der Waals surface area contributed by atoms with Gasteiger partial charge in [0.25, 0.3) is 0 Å². The molecule has 0 spiro atoms. The van der Waals surface area contributed by atoms with E-state index in [9.17, 15) is 13.2 Å². The third kappa shape index (κ3) is 7.56. The first-order valence-electron chi connectivity index (χ1n) is 13.0. The summed E-state index contributed by atoms with van der Waals surface area (Å²) < 4.78 is 31.3. The van der Waals surface area contributed by atoms with Crippen LogP contribution >= 0.6 is 0 Å². The van der Waals surface area contributed by atoms with E-state index in [2.05, 4.69) is 11.5 Å². The zero-order valence-corrected chi connectivity index (χ0v) is 23.1. The lowest BCUT2D eigenvalue weighted by Crippen LogP contribution is -2.49. The normalized spacial score (nSPS) is 19.6. The number of amides is 1. The van der Waals surface area contributed by atoms with Gasteiger partial charge in [-0.2, -0.15) is 0 Å². The Kier molecular flexibility index (Phi) is 9.59. The molecule has 1 aromatic carbocycles. The maximum absolute atomic E-state index is 12.9. The van der Waals surface area contributed by atoms with Crippen molar-refractivity contribution >= 4 is 15.9 Å². The third-order valence-electron chi connectivity index (χ3n) is 7.03. The summed E-state index contributed by atoms with van der Waals surface area (Å²) >= 11 is 0. The number of rotatable bonds is 7. The molecule has 2 fully saturated rings. The van der Waals surface area contributed by atoms with Gasteiger partial charge in [-0.3, -0.25) is 0 Å². The van der Waals surface area contributed by atoms with Gasteiger partial charge in [-0.05, 0) is 103 Å². The molecule has 1 aromatic rings. The van der Waals surface area contributed by atoms with Crippen molar-refractivity contribution in [3.05, 3.63) is 65.6 Å². The van der Waals surface area contributed by atoms with Crippen LogP contribution in [0, 0.1) is 5.92 Å².